The van der Waals surface area contributed by atoms with Gasteiger partial charge in [0, 0.05) is 19.3 Å². The fourth-order valence-electron chi connectivity index (χ4n) is 3.05. The number of amides is 1. The summed E-state index contributed by atoms with van der Waals surface area (Å²) in [5, 5.41) is 9.33. The van der Waals surface area contributed by atoms with Gasteiger partial charge in [-0.3, -0.25) is 9.88 Å². The van der Waals surface area contributed by atoms with Crippen molar-refractivity contribution in [1.82, 2.24) is 9.88 Å². The van der Waals surface area contributed by atoms with E-state index in [1.54, 1.807) is 11.1 Å². The molecule has 0 saturated heterocycles. The Bertz CT molecular complexity index is 802. The van der Waals surface area contributed by atoms with E-state index in [0.717, 1.165) is 16.8 Å². The average Bonchev–Trinajstić information content (AvgIpc) is 2.77. The Morgan fingerprint density at radius 3 is 2.29 bits per heavy atom. The van der Waals surface area contributed by atoms with E-state index in [4.69, 9.17) is 4.74 Å². The molecule has 1 N–H and O–H groups in total. The van der Waals surface area contributed by atoms with Gasteiger partial charge in [0.05, 0.1) is 5.69 Å². The number of nitrogens with zero attached hydrogens (tertiary/aromatic N) is 2. The third kappa shape index (κ3) is 5.18. The first-order valence-electron chi connectivity index (χ1n) is 9.33. The number of carbonyl (C=O) groups excluding carboxylic acids is 1. The van der Waals surface area contributed by atoms with E-state index >= 15 is 0 Å². The summed E-state index contributed by atoms with van der Waals surface area (Å²) in [6.07, 6.45) is 1.73. The third-order valence-electron chi connectivity index (χ3n) is 4.39. The van der Waals surface area contributed by atoms with Crippen LogP contribution in [0.15, 0.2) is 85.1 Å². The fourth-order valence-corrected chi connectivity index (χ4v) is 3.05. The maximum Gasteiger partial charge on any atom is 0.410 e. The van der Waals surface area contributed by atoms with Crippen molar-refractivity contribution >= 4 is 6.09 Å². The lowest BCUT2D eigenvalue weighted by Crippen LogP contribution is -2.37. The Labute approximate surface area is 165 Å². The summed E-state index contributed by atoms with van der Waals surface area (Å²) in [5.74, 6) is 0. The van der Waals surface area contributed by atoms with Crippen molar-refractivity contribution in [2.75, 3.05) is 13.2 Å². The second-order valence-corrected chi connectivity index (χ2v) is 6.38. The van der Waals surface area contributed by atoms with Crippen molar-refractivity contribution in [2.45, 2.75) is 19.1 Å². The van der Waals surface area contributed by atoms with Gasteiger partial charge in [0.25, 0.3) is 0 Å². The molecular formula is C23H24N2O3. The molecule has 0 aliphatic rings. The molecule has 1 heterocycles. The van der Waals surface area contributed by atoms with Crippen LogP contribution in [0.25, 0.3) is 0 Å². The van der Waals surface area contributed by atoms with Crippen molar-refractivity contribution in [3.8, 4) is 0 Å². The Kier molecular flexibility index (Phi) is 7.15. The summed E-state index contributed by atoms with van der Waals surface area (Å²) in [6, 6.07) is 24.6. The number of aliphatic hydroxyl groups excluding tert-OH is 1. The SMILES string of the molecule is O=C(OCc1ccccc1)N(CCCO)C(c1ccccc1)c1ccccn1. The molecule has 0 aliphatic heterocycles. The smallest absolute Gasteiger partial charge is 0.410 e. The van der Waals surface area contributed by atoms with Crippen LogP contribution in [0.1, 0.15) is 29.3 Å². The normalized spacial score (nSPS) is 11.6. The maximum absolute atomic E-state index is 13.0. The molecule has 1 amide bonds. The van der Waals surface area contributed by atoms with Crippen LogP contribution < -0.4 is 0 Å². The molecular weight excluding hydrogens is 352 g/mol. The lowest BCUT2D eigenvalue weighted by atomic mass is 10.0. The van der Waals surface area contributed by atoms with Crippen molar-refractivity contribution in [3.05, 3.63) is 102 Å². The van der Waals surface area contributed by atoms with Crippen molar-refractivity contribution in [1.29, 1.82) is 0 Å². The number of carbonyl (C=O) groups is 1. The molecule has 1 unspecified atom stereocenters. The highest BCUT2D eigenvalue weighted by Crippen LogP contribution is 2.28. The number of aliphatic hydroxyl groups is 1. The molecule has 2 aromatic carbocycles. The first kappa shape index (κ1) is 19.6. The van der Waals surface area contributed by atoms with Crippen LogP contribution in [0.5, 0.6) is 0 Å². The van der Waals surface area contributed by atoms with Crippen molar-refractivity contribution < 1.29 is 14.6 Å². The van der Waals surface area contributed by atoms with Gasteiger partial charge in [-0.05, 0) is 29.7 Å². The van der Waals surface area contributed by atoms with Crippen molar-refractivity contribution in [2.24, 2.45) is 0 Å². The minimum absolute atomic E-state index is 0.00774. The number of rotatable bonds is 8. The predicted octanol–water partition coefficient (Wildman–Crippen LogP) is 4.19. The number of hydrogen-bond donors (Lipinski definition) is 1. The summed E-state index contributed by atoms with van der Waals surface area (Å²) in [6.45, 7) is 0.547. The second kappa shape index (κ2) is 10.2. The Hall–Kier alpha value is -3.18. The van der Waals surface area contributed by atoms with Gasteiger partial charge in [0.1, 0.15) is 12.6 Å². The van der Waals surface area contributed by atoms with Gasteiger partial charge < -0.3 is 9.84 Å². The van der Waals surface area contributed by atoms with Crippen molar-refractivity contribution in [3.63, 3.8) is 0 Å². The van der Waals surface area contributed by atoms with Gasteiger partial charge >= 0.3 is 6.09 Å². The molecule has 1 aromatic heterocycles. The summed E-state index contributed by atoms with van der Waals surface area (Å²) < 4.78 is 5.59. The highest BCUT2D eigenvalue weighted by molar-refractivity contribution is 5.69. The fraction of sp³-hybridized carbons (Fsp3) is 0.217. The van der Waals surface area contributed by atoms with Crippen LogP contribution in [0, 0.1) is 0 Å². The van der Waals surface area contributed by atoms with Crippen LogP contribution in [0.2, 0.25) is 0 Å². The zero-order valence-corrected chi connectivity index (χ0v) is 15.6. The maximum atomic E-state index is 13.0. The first-order chi connectivity index (χ1) is 13.8. The topological polar surface area (TPSA) is 62.7 Å². The van der Waals surface area contributed by atoms with Crippen LogP contribution in [-0.4, -0.2) is 34.2 Å². The molecule has 0 fully saturated rings. The van der Waals surface area contributed by atoms with Gasteiger partial charge in [0.2, 0.25) is 0 Å². The monoisotopic (exact) mass is 376 g/mol. The largest absolute Gasteiger partial charge is 0.445 e. The lowest BCUT2D eigenvalue weighted by molar-refractivity contribution is 0.0826. The van der Waals surface area contributed by atoms with E-state index in [2.05, 4.69) is 4.98 Å². The standard InChI is InChI=1S/C23H24N2O3/c26-17-9-16-25(23(27)28-18-19-10-3-1-4-11-19)22(20-12-5-2-6-13-20)21-14-7-8-15-24-21/h1-8,10-15,22,26H,9,16-18H2. The Morgan fingerprint density at radius 2 is 1.64 bits per heavy atom. The molecule has 28 heavy (non-hydrogen) atoms. The summed E-state index contributed by atoms with van der Waals surface area (Å²) in [4.78, 5) is 19.1. The molecule has 0 spiro atoms. The van der Waals surface area contributed by atoms with Gasteiger partial charge in [0.15, 0.2) is 0 Å². The summed E-state index contributed by atoms with van der Waals surface area (Å²) in [5.41, 5.74) is 2.62. The van der Waals surface area contributed by atoms with Crippen LogP contribution in [-0.2, 0) is 11.3 Å². The minimum Gasteiger partial charge on any atom is -0.445 e. The van der Waals surface area contributed by atoms with E-state index < -0.39 is 12.1 Å². The van der Waals surface area contributed by atoms with E-state index in [-0.39, 0.29) is 13.2 Å². The zero-order chi connectivity index (χ0) is 19.6. The van der Waals surface area contributed by atoms with E-state index in [0.29, 0.717) is 13.0 Å². The third-order valence-corrected chi connectivity index (χ3v) is 4.39. The molecule has 144 valence electrons. The number of benzene rings is 2. The molecule has 0 bridgehead atoms. The summed E-state index contributed by atoms with van der Waals surface area (Å²) in [7, 11) is 0. The van der Waals surface area contributed by atoms with Crippen LogP contribution in [0.4, 0.5) is 4.79 Å². The minimum atomic E-state index is -0.434. The van der Waals surface area contributed by atoms with Gasteiger partial charge in [-0.25, -0.2) is 4.79 Å². The quantitative estimate of drug-likeness (QED) is 0.640. The number of ether oxygens (including phenoxy) is 1. The molecule has 3 aromatic rings. The average molecular weight is 376 g/mol. The van der Waals surface area contributed by atoms with Gasteiger partial charge in [-0.1, -0.05) is 66.7 Å². The van der Waals surface area contributed by atoms with Crippen LogP contribution >= 0.6 is 0 Å². The molecule has 5 heteroatoms. The molecule has 0 aliphatic carbocycles. The van der Waals surface area contributed by atoms with Crippen LogP contribution in [0.3, 0.4) is 0 Å². The molecule has 0 saturated carbocycles. The molecule has 1 atom stereocenters. The number of aromatic nitrogens is 1. The van der Waals surface area contributed by atoms with Gasteiger partial charge in [-0.15, -0.1) is 0 Å². The van der Waals surface area contributed by atoms with Gasteiger partial charge in [-0.2, -0.15) is 0 Å². The second-order valence-electron chi connectivity index (χ2n) is 6.38. The van der Waals surface area contributed by atoms with E-state index in [9.17, 15) is 9.90 Å². The number of hydrogen-bond acceptors (Lipinski definition) is 4. The Morgan fingerprint density at radius 1 is 0.964 bits per heavy atom. The highest BCUT2D eigenvalue weighted by Gasteiger charge is 2.28. The number of pyridine rings is 1. The predicted molar refractivity (Wildman–Crippen MR) is 108 cm³/mol. The molecule has 5 nitrogen and oxygen atoms in total. The first-order valence-corrected chi connectivity index (χ1v) is 9.33. The molecule has 3 rings (SSSR count). The highest BCUT2D eigenvalue weighted by atomic mass is 16.6. The van der Waals surface area contributed by atoms with E-state index in [1.165, 1.54) is 0 Å². The summed E-state index contributed by atoms with van der Waals surface area (Å²) >= 11 is 0. The molecule has 0 radical (unpaired) electrons. The zero-order valence-electron chi connectivity index (χ0n) is 15.6. The Balaban J connectivity index is 1.88. The van der Waals surface area contributed by atoms with E-state index in [1.807, 2.05) is 78.9 Å². The lowest BCUT2D eigenvalue weighted by Gasteiger charge is -2.31.